The molecule has 1 aromatic carbocycles. The van der Waals surface area contributed by atoms with Gasteiger partial charge in [0.1, 0.15) is 12.4 Å². The number of carbonyl (C=O) groups is 4. The third kappa shape index (κ3) is 5.26. The van der Waals surface area contributed by atoms with Crippen molar-refractivity contribution < 1.29 is 23.9 Å². The van der Waals surface area contributed by atoms with E-state index in [0.29, 0.717) is 24.0 Å². The molecule has 1 heterocycles. The number of aryl methyl sites for hydroxylation is 1. The fourth-order valence-corrected chi connectivity index (χ4v) is 2.77. The lowest BCUT2D eigenvalue weighted by Gasteiger charge is -2.27. The van der Waals surface area contributed by atoms with E-state index in [0.717, 1.165) is 23.3 Å². The van der Waals surface area contributed by atoms with E-state index in [1.54, 1.807) is 25.1 Å². The number of hydrogen-bond donors (Lipinski definition) is 1. The summed E-state index contributed by atoms with van der Waals surface area (Å²) in [6, 6.07) is 4.52. The van der Waals surface area contributed by atoms with E-state index in [9.17, 15) is 19.2 Å². The fraction of sp³-hybridized carbons (Fsp3) is 0.400. The summed E-state index contributed by atoms with van der Waals surface area (Å²) in [4.78, 5) is 48.3. The van der Waals surface area contributed by atoms with Gasteiger partial charge in [0.05, 0.1) is 11.6 Å². The molecule has 0 saturated carbocycles. The van der Waals surface area contributed by atoms with Gasteiger partial charge in [0, 0.05) is 25.1 Å². The van der Waals surface area contributed by atoms with E-state index < -0.39 is 17.9 Å². The average molecular weight is 372 g/mol. The maximum atomic E-state index is 12.0. The Morgan fingerprint density at radius 3 is 2.59 bits per heavy atom. The molecule has 1 atom stereocenters. The zero-order valence-electron chi connectivity index (χ0n) is 15.6. The van der Waals surface area contributed by atoms with Gasteiger partial charge in [-0.25, -0.2) is 0 Å². The maximum Gasteiger partial charge on any atom is 0.254 e. The number of rotatable bonds is 10. The Bertz CT molecular complexity index is 739. The van der Waals surface area contributed by atoms with Crippen molar-refractivity contribution in [2.45, 2.75) is 39.2 Å². The molecule has 0 fully saturated rings. The van der Waals surface area contributed by atoms with Crippen LogP contribution in [-0.2, 0) is 14.4 Å². The number of carbonyl (C=O) groups excluding carboxylic acids is 4. The number of aldehydes is 1. The van der Waals surface area contributed by atoms with Crippen LogP contribution in [0.25, 0.3) is 0 Å². The summed E-state index contributed by atoms with van der Waals surface area (Å²) in [5, 5.41) is 2.75. The highest BCUT2D eigenvalue weighted by Crippen LogP contribution is 2.21. The van der Waals surface area contributed by atoms with Crippen LogP contribution in [-0.4, -0.2) is 48.1 Å². The van der Waals surface area contributed by atoms with Gasteiger partial charge in [-0.05, 0) is 25.0 Å². The number of hydrogen-bond acceptors (Lipinski definition) is 5. The smallest absolute Gasteiger partial charge is 0.254 e. The lowest BCUT2D eigenvalue weighted by atomic mass is 10.1. The second kappa shape index (κ2) is 9.66. The van der Waals surface area contributed by atoms with Crippen LogP contribution in [0.2, 0.25) is 0 Å². The number of benzene rings is 1. The van der Waals surface area contributed by atoms with Crippen LogP contribution in [0.15, 0.2) is 30.4 Å². The lowest BCUT2D eigenvalue weighted by molar-refractivity contribution is -0.140. The molecule has 0 spiro atoms. The minimum atomic E-state index is -0.675. The highest BCUT2D eigenvalue weighted by molar-refractivity contribution is 6.13. The average Bonchev–Trinajstić information content (AvgIpc) is 2.98. The molecule has 7 heteroatoms. The number of ether oxygens (including phenoxy) is 1. The number of amides is 3. The minimum Gasteiger partial charge on any atom is -0.491 e. The van der Waals surface area contributed by atoms with Crippen LogP contribution < -0.4 is 10.1 Å². The number of nitrogens with one attached hydrogen (secondary N) is 1. The highest BCUT2D eigenvalue weighted by atomic mass is 16.5. The molecule has 144 valence electrons. The van der Waals surface area contributed by atoms with Crippen molar-refractivity contribution in [3.05, 3.63) is 41.5 Å². The summed E-state index contributed by atoms with van der Waals surface area (Å²) in [6.45, 7) is 3.84. The molecule has 1 aliphatic heterocycles. The molecule has 1 aromatic rings. The van der Waals surface area contributed by atoms with Gasteiger partial charge < -0.3 is 10.1 Å². The van der Waals surface area contributed by atoms with Crippen molar-refractivity contribution in [1.29, 1.82) is 0 Å². The molecule has 2 rings (SSSR count). The Labute approximate surface area is 158 Å². The van der Waals surface area contributed by atoms with E-state index in [1.165, 1.54) is 12.2 Å². The molecule has 1 unspecified atom stereocenters. The monoisotopic (exact) mass is 372 g/mol. The zero-order valence-corrected chi connectivity index (χ0v) is 15.6. The normalized spacial score (nSPS) is 14.4. The van der Waals surface area contributed by atoms with Crippen molar-refractivity contribution >= 4 is 24.0 Å². The van der Waals surface area contributed by atoms with E-state index in [-0.39, 0.29) is 19.1 Å². The van der Waals surface area contributed by atoms with Gasteiger partial charge in [-0.2, -0.15) is 0 Å². The fourth-order valence-electron chi connectivity index (χ4n) is 2.77. The largest absolute Gasteiger partial charge is 0.491 e. The molecule has 0 radical (unpaired) electrons. The lowest BCUT2D eigenvalue weighted by Crippen LogP contribution is -2.50. The van der Waals surface area contributed by atoms with Crippen molar-refractivity contribution in [2.75, 3.05) is 13.2 Å². The van der Waals surface area contributed by atoms with Crippen LogP contribution in [0.3, 0.4) is 0 Å². The molecule has 0 bridgehead atoms. The van der Waals surface area contributed by atoms with E-state index in [2.05, 4.69) is 5.32 Å². The predicted molar refractivity (Wildman–Crippen MR) is 99.4 cm³/mol. The molecule has 7 nitrogen and oxygen atoms in total. The SMILES string of the molecule is CCCCC(=O)NCC(COc1cccc(C)c1C=O)N1C(=O)C=CC1=O. The van der Waals surface area contributed by atoms with Gasteiger partial charge in [-0.3, -0.25) is 24.1 Å². The predicted octanol–water partition coefficient (Wildman–Crippen LogP) is 1.79. The summed E-state index contributed by atoms with van der Waals surface area (Å²) in [7, 11) is 0. The van der Waals surface area contributed by atoms with Crippen LogP contribution >= 0.6 is 0 Å². The van der Waals surface area contributed by atoms with Crippen molar-refractivity contribution in [3.8, 4) is 5.75 Å². The first-order valence-corrected chi connectivity index (χ1v) is 8.97. The van der Waals surface area contributed by atoms with Crippen LogP contribution in [0, 0.1) is 6.92 Å². The Kier molecular flexibility index (Phi) is 7.28. The Balaban J connectivity index is 2.09. The quantitative estimate of drug-likeness (QED) is 0.499. The van der Waals surface area contributed by atoms with Gasteiger partial charge in [0.25, 0.3) is 11.8 Å². The number of nitrogens with zero attached hydrogens (tertiary/aromatic N) is 1. The van der Waals surface area contributed by atoms with Gasteiger partial charge in [0.2, 0.25) is 5.91 Å². The second-order valence-electron chi connectivity index (χ2n) is 6.36. The maximum absolute atomic E-state index is 12.0. The third-order valence-corrected chi connectivity index (χ3v) is 4.33. The molecule has 27 heavy (non-hydrogen) atoms. The molecular weight excluding hydrogens is 348 g/mol. The van der Waals surface area contributed by atoms with Gasteiger partial charge in [-0.1, -0.05) is 25.5 Å². The van der Waals surface area contributed by atoms with Crippen LogP contribution in [0.1, 0.15) is 42.1 Å². The summed E-state index contributed by atoms with van der Waals surface area (Å²) in [6.07, 6.45) is 5.14. The first-order chi connectivity index (χ1) is 13.0. The Morgan fingerprint density at radius 2 is 1.96 bits per heavy atom. The Morgan fingerprint density at radius 1 is 1.26 bits per heavy atom. The van der Waals surface area contributed by atoms with Crippen LogP contribution in [0.5, 0.6) is 5.75 Å². The van der Waals surface area contributed by atoms with Gasteiger partial charge in [0.15, 0.2) is 6.29 Å². The molecule has 0 aliphatic carbocycles. The first-order valence-electron chi connectivity index (χ1n) is 8.97. The molecule has 3 amide bonds. The van der Waals surface area contributed by atoms with Gasteiger partial charge in [-0.15, -0.1) is 0 Å². The van der Waals surface area contributed by atoms with E-state index in [1.807, 2.05) is 6.92 Å². The molecule has 1 N–H and O–H groups in total. The second-order valence-corrected chi connectivity index (χ2v) is 6.36. The van der Waals surface area contributed by atoms with Crippen molar-refractivity contribution in [3.63, 3.8) is 0 Å². The third-order valence-electron chi connectivity index (χ3n) is 4.33. The summed E-state index contributed by atoms with van der Waals surface area (Å²) in [5.74, 6) is -0.662. The standard InChI is InChI=1S/C20H24N2O5/c1-3-4-8-18(24)21-11-15(22-19(25)9-10-20(22)26)13-27-17-7-5-6-14(2)16(17)12-23/h5-7,9-10,12,15H,3-4,8,11,13H2,1-2H3,(H,21,24). The summed E-state index contributed by atoms with van der Waals surface area (Å²) < 4.78 is 5.74. The molecule has 1 aliphatic rings. The topological polar surface area (TPSA) is 92.8 Å². The number of unbranched alkanes of at least 4 members (excludes halogenated alkanes) is 1. The summed E-state index contributed by atoms with van der Waals surface area (Å²) >= 11 is 0. The first kappa shape index (κ1) is 20.4. The Hall–Kier alpha value is -2.96. The molecule has 0 saturated heterocycles. The van der Waals surface area contributed by atoms with E-state index in [4.69, 9.17) is 4.74 Å². The molecular formula is C20H24N2O5. The summed E-state index contributed by atoms with van der Waals surface area (Å²) in [5.41, 5.74) is 1.18. The van der Waals surface area contributed by atoms with Crippen molar-refractivity contribution in [1.82, 2.24) is 10.2 Å². The van der Waals surface area contributed by atoms with Crippen molar-refractivity contribution in [2.24, 2.45) is 0 Å². The van der Waals surface area contributed by atoms with Crippen LogP contribution in [0.4, 0.5) is 0 Å². The molecule has 0 aromatic heterocycles. The minimum absolute atomic E-state index is 0.0302. The zero-order chi connectivity index (χ0) is 19.8. The highest BCUT2D eigenvalue weighted by Gasteiger charge is 2.32. The van der Waals surface area contributed by atoms with E-state index >= 15 is 0 Å². The number of imide groups is 1. The van der Waals surface area contributed by atoms with Gasteiger partial charge >= 0.3 is 0 Å².